The van der Waals surface area contributed by atoms with Crippen LogP contribution in [-0.2, 0) is 5.41 Å². The molecule has 0 aliphatic rings. The van der Waals surface area contributed by atoms with Crippen molar-refractivity contribution >= 4 is 0 Å². The van der Waals surface area contributed by atoms with Gasteiger partial charge in [0.1, 0.15) is 5.75 Å². The van der Waals surface area contributed by atoms with Crippen molar-refractivity contribution in [2.45, 2.75) is 39.0 Å². The first kappa shape index (κ1) is 12.6. The van der Waals surface area contributed by atoms with Gasteiger partial charge in [-0.1, -0.05) is 26.0 Å². The highest BCUT2D eigenvalue weighted by atomic mass is 16.5. The lowest BCUT2D eigenvalue weighted by molar-refractivity contribution is 0.408. The molecule has 2 nitrogen and oxygen atoms in total. The maximum absolute atomic E-state index is 9.37. The van der Waals surface area contributed by atoms with Crippen molar-refractivity contribution < 1.29 is 4.74 Å². The van der Waals surface area contributed by atoms with Gasteiger partial charge >= 0.3 is 0 Å². The summed E-state index contributed by atoms with van der Waals surface area (Å²) in [5.41, 5.74) is 1.79. The van der Waals surface area contributed by atoms with Crippen molar-refractivity contribution in [3.63, 3.8) is 0 Å². The molecule has 1 aromatic rings. The summed E-state index contributed by atoms with van der Waals surface area (Å²) < 4.78 is 5.30. The maximum Gasteiger partial charge on any atom is 0.122 e. The summed E-state index contributed by atoms with van der Waals surface area (Å²) in [5.74, 6) is 0.860. The van der Waals surface area contributed by atoms with Gasteiger partial charge in [0.05, 0.1) is 18.6 Å². The van der Waals surface area contributed by atoms with Gasteiger partial charge in [0.25, 0.3) is 0 Å². The van der Waals surface area contributed by atoms with E-state index in [9.17, 15) is 5.26 Å². The van der Waals surface area contributed by atoms with Crippen molar-refractivity contribution in [1.82, 2.24) is 0 Å². The summed E-state index contributed by atoms with van der Waals surface area (Å²) in [6.45, 7) is 6.12. The Balaban J connectivity index is 3.27. The Kier molecular flexibility index (Phi) is 3.95. The fourth-order valence-corrected chi connectivity index (χ4v) is 2.00. The number of methoxy groups -OCH3 is 1. The molecule has 0 N–H and O–H groups in total. The monoisotopic (exact) mass is 217 g/mol. The van der Waals surface area contributed by atoms with Crippen LogP contribution in [-0.4, -0.2) is 7.11 Å². The van der Waals surface area contributed by atoms with Gasteiger partial charge in [0, 0.05) is 0 Å². The SMILES string of the molecule is CCC(C#N)(CC)c1ccc(C)c(OC)c1. The molecule has 86 valence electrons. The molecule has 0 bridgehead atoms. The number of rotatable bonds is 4. The van der Waals surface area contributed by atoms with E-state index in [2.05, 4.69) is 19.9 Å². The average molecular weight is 217 g/mol. The highest BCUT2D eigenvalue weighted by molar-refractivity contribution is 5.42. The number of ether oxygens (including phenoxy) is 1. The first-order valence-electron chi connectivity index (χ1n) is 5.70. The number of hydrogen-bond donors (Lipinski definition) is 0. The molecule has 0 saturated heterocycles. The minimum Gasteiger partial charge on any atom is -0.496 e. The van der Waals surface area contributed by atoms with E-state index in [4.69, 9.17) is 4.74 Å². The van der Waals surface area contributed by atoms with Crippen LogP contribution in [0.15, 0.2) is 18.2 Å². The molecule has 0 heterocycles. The second-order valence-electron chi connectivity index (χ2n) is 4.09. The van der Waals surface area contributed by atoms with Gasteiger partial charge in [-0.15, -0.1) is 0 Å². The van der Waals surface area contributed by atoms with Crippen molar-refractivity contribution in [1.29, 1.82) is 5.26 Å². The lowest BCUT2D eigenvalue weighted by Crippen LogP contribution is -2.21. The van der Waals surface area contributed by atoms with E-state index in [1.807, 2.05) is 25.1 Å². The van der Waals surface area contributed by atoms with Gasteiger partial charge in [-0.2, -0.15) is 5.26 Å². The van der Waals surface area contributed by atoms with Gasteiger partial charge in [0.15, 0.2) is 0 Å². The Morgan fingerprint density at radius 1 is 1.31 bits per heavy atom. The predicted octanol–water partition coefficient (Wildman–Crippen LogP) is 3.59. The Morgan fingerprint density at radius 2 is 1.94 bits per heavy atom. The Morgan fingerprint density at radius 3 is 2.38 bits per heavy atom. The van der Waals surface area contributed by atoms with Crippen LogP contribution in [0.5, 0.6) is 5.75 Å². The third-order valence-electron chi connectivity index (χ3n) is 3.38. The smallest absolute Gasteiger partial charge is 0.122 e. The lowest BCUT2D eigenvalue weighted by atomic mass is 9.77. The molecule has 0 atom stereocenters. The van der Waals surface area contributed by atoms with Crippen LogP contribution < -0.4 is 4.74 Å². The summed E-state index contributed by atoms with van der Waals surface area (Å²) in [6, 6.07) is 8.49. The maximum atomic E-state index is 9.37. The van der Waals surface area contributed by atoms with Crippen LogP contribution >= 0.6 is 0 Å². The van der Waals surface area contributed by atoms with E-state index in [1.165, 1.54) is 0 Å². The Labute approximate surface area is 97.9 Å². The van der Waals surface area contributed by atoms with Crippen molar-refractivity contribution in [3.05, 3.63) is 29.3 Å². The molecule has 0 aliphatic heterocycles. The molecule has 16 heavy (non-hydrogen) atoms. The summed E-state index contributed by atoms with van der Waals surface area (Å²) in [5, 5.41) is 9.37. The van der Waals surface area contributed by atoms with Crippen LogP contribution in [0, 0.1) is 18.3 Å². The highest BCUT2D eigenvalue weighted by Crippen LogP contribution is 2.33. The summed E-state index contributed by atoms with van der Waals surface area (Å²) >= 11 is 0. The van der Waals surface area contributed by atoms with Gasteiger partial charge < -0.3 is 4.74 Å². The zero-order valence-corrected chi connectivity index (χ0v) is 10.5. The first-order chi connectivity index (χ1) is 7.63. The zero-order chi connectivity index (χ0) is 12.2. The van der Waals surface area contributed by atoms with Gasteiger partial charge in [0.2, 0.25) is 0 Å². The van der Waals surface area contributed by atoms with E-state index in [0.29, 0.717) is 0 Å². The fraction of sp³-hybridized carbons (Fsp3) is 0.500. The van der Waals surface area contributed by atoms with Crippen LogP contribution in [0.3, 0.4) is 0 Å². The number of benzene rings is 1. The molecule has 0 unspecified atom stereocenters. The quantitative estimate of drug-likeness (QED) is 0.772. The summed E-state index contributed by atoms with van der Waals surface area (Å²) in [4.78, 5) is 0. The lowest BCUT2D eigenvalue weighted by Gasteiger charge is -2.24. The second kappa shape index (κ2) is 5.03. The van der Waals surface area contributed by atoms with E-state index in [0.717, 1.165) is 29.7 Å². The van der Waals surface area contributed by atoms with Gasteiger partial charge in [-0.25, -0.2) is 0 Å². The molecule has 0 aliphatic carbocycles. The standard InChI is InChI=1S/C14H19NO/c1-5-14(6-2,10-15)12-8-7-11(3)13(9-12)16-4/h7-9H,5-6H2,1-4H3. The average Bonchev–Trinajstić information content (AvgIpc) is 2.33. The van der Waals surface area contributed by atoms with Crippen molar-refractivity contribution in [2.24, 2.45) is 0 Å². The molecule has 1 rings (SSSR count). The fourth-order valence-electron chi connectivity index (χ4n) is 2.00. The molecule has 0 fully saturated rings. The third kappa shape index (κ3) is 2.04. The normalized spacial score (nSPS) is 10.9. The van der Waals surface area contributed by atoms with Crippen LogP contribution in [0.25, 0.3) is 0 Å². The molecule has 0 spiro atoms. The molecule has 0 amide bonds. The molecule has 0 aromatic heterocycles. The number of hydrogen-bond acceptors (Lipinski definition) is 2. The zero-order valence-electron chi connectivity index (χ0n) is 10.5. The van der Waals surface area contributed by atoms with Crippen LogP contribution in [0.4, 0.5) is 0 Å². The van der Waals surface area contributed by atoms with E-state index < -0.39 is 0 Å². The van der Waals surface area contributed by atoms with Gasteiger partial charge in [-0.3, -0.25) is 0 Å². The molecule has 1 aromatic carbocycles. The summed E-state index contributed by atoms with van der Waals surface area (Å²) in [6.07, 6.45) is 1.65. The Bertz CT molecular complexity index is 400. The van der Waals surface area contributed by atoms with E-state index in [1.54, 1.807) is 7.11 Å². The van der Waals surface area contributed by atoms with Crippen LogP contribution in [0.1, 0.15) is 37.8 Å². The third-order valence-corrected chi connectivity index (χ3v) is 3.38. The van der Waals surface area contributed by atoms with Gasteiger partial charge in [-0.05, 0) is 37.0 Å². The molecule has 2 heteroatoms. The Hall–Kier alpha value is -1.49. The number of nitrogens with zero attached hydrogens (tertiary/aromatic N) is 1. The number of aryl methyl sites for hydroxylation is 1. The largest absolute Gasteiger partial charge is 0.496 e. The number of nitriles is 1. The van der Waals surface area contributed by atoms with E-state index in [-0.39, 0.29) is 5.41 Å². The first-order valence-corrected chi connectivity index (χ1v) is 5.70. The molecule has 0 saturated carbocycles. The second-order valence-corrected chi connectivity index (χ2v) is 4.09. The summed E-state index contributed by atoms with van der Waals surface area (Å²) in [7, 11) is 1.66. The predicted molar refractivity (Wildman–Crippen MR) is 65.6 cm³/mol. The molecular formula is C14H19NO. The highest BCUT2D eigenvalue weighted by Gasteiger charge is 2.28. The van der Waals surface area contributed by atoms with Crippen molar-refractivity contribution in [3.8, 4) is 11.8 Å². The minimum atomic E-state index is -0.374. The topological polar surface area (TPSA) is 33.0 Å². The van der Waals surface area contributed by atoms with E-state index >= 15 is 0 Å². The van der Waals surface area contributed by atoms with Crippen LogP contribution in [0.2, 0.25) is 0 Å². The van der Waals surface area contributed by atoms with Crippen molar-refractivity contribution in [2.75, 3.05) is 7.11 Å². The molecule has 0 radical (unpaired) electrons. The molecular weight excluding hydrogens is 198 g/mol. The minimum absolute atomic E-state index is 0.374.